The number of unbranched alkanes of at least 4 members (excludes halogenated alkanes) is 1. The second kappa shape index (κ2) is 6.12. The second-order valence-corrected chi connectivity index (χ2v) is 3.27. The van der Waals surface area contributed by atoms with Crippen molar-refractivity contribution in [3.63, 3.8) is 0 Å². The van der Waals surface area contributed by atoms with Crippen LogP contribution < -0.4 is 9.47 Å². The first-order chi connectivity index (χ1) is 7.33. The van der Waals surface area contributed by atoms with Gasteiger partial charge in [0.15, 0.2) is 11.5 Å². The van der Waals surface area contributed by atoms with Gasteiger partial charge in [0.2, 0.25) is 0 Å². The van der Waals surface area contributed by atoms with Crippen LogP contribution in [0.5, 0.6) is 11.5 Å². The lowest BCUT2D eigenvalue weighted by Crippen LogP contribution is -1.92. The van der Waals surface area contributed by atoms with E-state index in [0.29, 0.717) is 0 Å². The van der Waals surface area contributed by atoms with Crippen molar-refractivity contribution in [3.05, 3.63) is 29.8 Å². The lowest BCUT2D eigenvalue weighted by molar-refractivity contribution is 0.354. The van der Waals surface area contributed by atoms with E-state index in [1.165, 1.54) is 0 Å². The maximum atomic E-state index is 5.32. The SMILES string of the molecule is CCC/C=C/c1cccc(OC)c1OC. The van der Waals surface area contributed by atoms with E-state index in [9.17, 15) is 0 Å². The first kappa shape index (κ1) is 11.6. The van der Waals surface area contributed by atoms with Gasteiger partial charge in [0, 0.05) is 5.56 Å². The summed E-state index contributed by atoms with van der Waals surface area (Å²) in [6, 6.07) is 5.89. The van der Waals surface area contributed by atoms with Crippen LogP contribution in [0.1, 0.15) is 25.3 Å². The molecule has 0 aliphatic rings. The largest absolute Gasteiger partial charge is 0.493 e. The minimum Gasteiger partial charge on any atom is -0.493 e. The molecule has 0 unspecified atom stereocenters. The number of methoxy groups -OCH3 is 2. The van der Waals surface area contributed by atoms with Gasteiger partial charge in [0.05, 0.1) is 14.2 Å². The normalized spacial score (nSPS) is 10.6. The van der Waals surface area contributed by atoms with Gasteiger partial charge < -0.3 is 9.47 Å². The monoisotopic (exact) mass is 206 g/mol. The van der Waals surface area contributed by atoms with Gasteiger partial charge in [-0.05, 0) is 12.5 Å². The average molecular weight is 206 g/mol. The zero-order valence-corrected chi connectivity index (χ0v) is 9.62. The van der Waals surface area contributed by atoms with Gasteiger partial charge in [-0.2, -0.15) is 0 Å². The molecule has 0 bridgehead atoms. The number of allylic oxidation sites excluding steroid dienone is 1. The Hall–Kier alpha value is -1.44. The maximum Gasteiger partial charge on any atom is 0.167 e. The molecule has 0 aliphatic carbocycles. The molecule has 15 heavy (non-hydrogen) atoms. The van der Waals surface area contributed by atoms with E-state index in [2.05, 4.69) is 19.1 Å². The molecule has 0 fully saturated rings. The molecule has 0 aliphatic heterocycles. The first-order valence-electron chi connectivity index (χ1n) is 5.21. The molecule has 1 aromatic rings. The average Bonchev–Trinajstić information content (AvgIpc) is 2.29. The number of para-hydroxylation sites is 1. The highest BCUT2D eigenvalue weighted by atomic mass is 16.5. The van der Waals surface area contributed by atoms with Crippen LogP contribution in [-0.2, 0) is 0 Å². The highest BCUT2D eigenvalue weighted by Gasteiger charge is 2.05. The Morgan fingerprint density at radius 3 is 2.60 bits per heavy atom. The summed E-state index contributed by atoms with van der Waals surface area (Å²) >= 11 is 0. The predicted molar refractivity (Wildman–Crippen MR) is 63.5 cm³/mol. The van der Waals surface area contributed by atoms with Crippen molar-refractivity contribution in [2.75, 3.05) is 14.2 Å². The quantitative estimate of drug-likeness (QED) is 0.734. The Bertz CT molecular complexity index is 329. The Morgan fingerprint density at radius 1 is 1.20 bits per heavy atom. The summed E-state index contributed by atoms with van der Waals surface area (Å²) < 4.78 is 10.5. The van der Waals surface area contributed by atoms with E-state index in [-0.39, 0.29) is 0 Å². The summed E-state index contributed by atoms with van der Waals surface area (Å²) in [6.45, 7) is 2.16. The molecule has 0 aromatic heterocycles. The lowest BCUT2D eigenvalue weighted by atomic mass is 10.1. The Morgan fingerprint density at radius 2 is 2.00 bits per heavy atom. The number of benzene rings is 1. The Labute approximate surface area is 91.5 Å². The lowest BCUT2D eigenvalue weighted by Gasteiger charge is -2.09. The number of rotatable bonds is 5. The van der Waals surface area contributed by atoms with Gasteiger partial charge in [-0.25, -0.2) is 0 Å². The van der Waals surface area contributed by atoms with Crippen molar-refractivity contribution < 1.29 is 9.47 Å². The minimum absolute atomic E-state index is 0.774. The molecule has 2 heteroatoms. The van der Waals surface area contributed by atoms with Crippen molar-refractivity contribution in [1.29, 1.82) is 0 Å². The van der Waals surface area contributed by atoms with Gasteiger partial charge in [-0.15, -0.1) is 0 Å². The third-order valence-electron chi connectivity index (χ3n) is 2.19. The third-order valence-corrected chi connectivity index (χ3v) is 2.19. The van der Waals surface area contributed by atoms with Gasteiger partial charge in [0.1, 0.15) is 0 Å². The van der Waals surface area contributed by atoms with Crippen LogP contribution >= 0.6 is 0 Å². The van der Waals surface area contributed by atoms with E-state index in [4.69, 9.17) is 9.47 Å². The Kier molecular flexibility index (Phi) is 4.75. The van der Waals surface area contributed by atoms with E-state index < -0.39 is 0 Å². The van der Waals surface area contributed by atoms with E-state index >= 15 is 0 Å². The topological polar surface area (TPSA) is 18.5 Å². The molecule has 0 N–H and O–H groups in total. The number of hydrogen-bond donors (Lipinski definition) is 0. The summed E-state index contributed by atoms with van der Waals surface area (Å²) in [5, 5.41) is 0. The van der Waals surface area contributed by atoms with Crippen LogP contribution in [0.25, 0.3) is 6.08 Å². The fourth-order valence-electron chi connectivity index (χ4n) is 1.42. The number of ether oxygens (including phenoxy) is 2. The van der Waals surface area contributed by atoms with Crippen molar-refractivity contribution >= 4 is 6.08 Å². The maximum absolute atomic E-state index is 5.32. The molecule has 0 heterocycles. The van der Waals surface area contributed by atoms with Crippen LogP contribution in [0.2, 0.25) is 0 Å². The minimum atomic E-state index is 0.774. The Balaban J connectivity index is 2.95. The molecule has 82 valence electrons. The van der Waals surface area contributed by atoms with Gasteiger partial charge in [0.25, 0.3) is 0 Å². The highest BCUT2D eigenvalue weighted by molar-refractivity contribution is 5.62. The van der Waals surface area contributed by atoms with Gasteiger partial charge >= 0.3 is 0 Å². The number of hydrogen-bond acceptors (Lipinski definition) is 2. The molecule has 0 radical (unpaired) electrons. The van der Waals surface area contributed by atoms with Crippen molar-refractivity contribution in [2.24, 2.45) is 0 Å². The van der Waals surface area contributed by atoms with Crippen LogP contribution in [-0.4, -0.2) is 14.2 Å². The van der Waals surface area contributed by atoms with Gasteiger partial charge in [-0.3, -0.25) is 0 Å². The van der Waals surface area contributed by atoms with Crippen LogP contribution in [0.15, 0.2) is 24.3 Å². The predicted octanol–water partition coefficient (Wildman–Crippen LogP) is 3.52. The molecule has 2 nitrogen and oxygen atoms in total. The van der Waals surface area contributed by atoms with E-state index in [1.807, 2.05) is 18.2 Å². The fourth-order valence-corrected chi connectivity index (χ4v) is 1.42. The van der Waals surface area contributed by atoms with E-state index in [0.717, 1.165) is 29.9 Å². The smallest absolute Gasteiger partial charge is 0.167 e. The molecular formula is C13H18O2. The second-order valence-electron chi connectivity index (χ2n) is 3.27. The molecule has 0 saturated carbocycles. The van der Waals surface area contributed by atoms with Crippen LogP contribution in [0, 0.1) is 0 Å². The first-order valence-corrected chi connectivity index (χ1v) is 5.21. The molecule has 1 rings (SSSR count). The summed E-state index contributed by atoms with van der Waals surface area (Å²) in [5.41, 5.74) is 1.06. The van der Waals surface area contributed by atoms with Crippen molar-refractivity contribution in [1.82, 2.24) is 0 Å². The molecule has 0 amide bonds. The van der Waals surface area contributed by atoms with Crippen molar-refractivity contribution in [3.8, 4) is 11.5 Å². The zero-order valence-electron chi connectivity index (χ0n) is 9.62. The summed E-state index contributed by atoms with van der Waals surface area (Å²) in [4.78, 5) is 0. The fraction of sp³-hybridized carbons (Fsp3) is 0.385. The third kappa shape index (κ3) is 3.01. The van der Waals surface area contributed by atoms with Crippen LogP contribution in [0.3, 0.4) is 0 Å². The summed E-state index contributed by atoms with van der Waals surface area (Å²) in [5.74, 6) is 1.57. The standard InChI is InChI=1S/C13H18O2/c1-4-5-6-8-11-9-7-10-12(14-2)13(11)15-3/h6-10H,4-5H2,1-3H3/b8-6+. The molecule has 1 aromatic carbocycles. The van der Waals surface area contributed by atoms with E-state index in [1.54, 1.807) is 14.2 Å². The molecular weight excluding hydrogens is 188 g/mol. The van der Waals surface area contributed by atoms with Crippen molar-refractivity contribution in [2.45, 2.75) is 19.8 Å². The molecule has 0 atom stereocenters. The molecule has 0 spiro atoms. The zero-order chi connectivity index (χ0) is 11.1. The summed E-state index contributed by atoms with van der Waals surface area (Å²) in [6.07, 6.45) is 6.46. The molecule has 0 saturated heterocycles. The summed E-state index contributed by atoms with van der Waals surface area (Å²) in [7, 11) is 3.31. The highest BCUT2D eigenvalue weighted by Crippen LogP contribution is 2.31. The van der Waals surface area contributed by atoms with Gasteiger partial charge in [-0.1, -0.05) is 37.6 Å². The van der Waals surface area contributed by atoms with Crippen LogP contribution in [0.4, 0.5) is 0 Å².